The molecule has 0 saturated carbocycles. The minimum absolute atomic E-state index is 0.0244. The summed E-state index contributed by atoms with van der Waals surface area (Å²) in [6, 6.07) is 17.7. The summed E-state index contributed by atoms with van der Waals surface area (Å²) >= 11 is 0. The van der Waals surface area contributed by atoms with Crippen LogP contribution in [-0.4, -0.2) is 57.0 Å². The summed E-state index contributed by atoms with van der Waals surface area (Å²) in [7, 11) is -2.78. The van der Waals surface area contributed by atoms with E-state index in [0.29, 0.717) is 49.5 Å². The molecule has 1 saturated heterocycles. The van der Waals surface area contributed by atoms with Crippen LogP contribution in [-0.2, 0) is 32.6 Å². The third-order valence-electron chi connectivity index (χ3n) is 6.35. The SMILES string of the molecule is COc1cccc2c1c(NS(=O)(=O)c1ccccc1F)nn2Cc1cccc(CNC(=O)[C@@H]2COCCN2)c1. The molecule has 0 aliphatic carbocycles. The molecule has 10 nitrogen and oxygen atoms in total. The smallest absolute Gasteiger partial charge is 0.266 e. The Morgan fingerprint density at radius 3 is 2.72 bits per heavy atom. The quantitative estimate of drug-likeness (QED) is 0.291. The maximum atomic E-state index is 14.3. The molecule has 3 N–H and O–H groups in total. The Morgan fingerprint density at radius 2 is 1.95 bits per heavy atom. The van der Waals surface area contributed by atoms with E-state index >= 15 is 0 Å². The van der Waals surface area contributed by atoms with Crippen LogP contribution < -0.4 is 20.1 Å². The minimum Gasteiger partial charge on any atom is -0.496 e. The summed E-state index contributed by atoms with van der Waals surface area (Å²) in [6.45, 7) is 2.21. The summed E-state index contributed by atoms with van der Waals surface area (Å²) in [6.07, 6.45) is 0. The number of hydrogen-bond acceptors (Lipinski definition) is 7. The monoisotopic (exact) mass is 553 g/mol. The topological polar surface area (TPSA) is 124 Å². The van der Waals surface area contributed by atoms with Crippen molar-refractivity contribution < 1.29 is 27.1 Å². The Bertz CT molecular complexity index is 1600. The highest BCUT2D eigenvalue weighted by Gasteiger charge is 2.24. The van der Waals surface area contributed by atoms with E-state index in [1.807, 2.05) is 24.3 Å². The molecule has 3 aromatic carbocycles. The third-order valence-corrected chi connectivity index (χ3v) is 7.72. The molecule has 1 aromatic heterocycles. The van der Waals surface area contributed by atoms with E-state index in [2.05, 4.69) is 20.5 Å². The van der Waals surface area contributed by atoms with E-state index in [1.165, 1.54) is 25.3 Å². The molecule has 5 rings (SSSR count). The summed E-state index contributed by atoms with van der Waals surface area (Å²) in [5.74, 6) is -0.550. The van der Waals surface area contributed by atoms with Crippen molar-refractivity contribution in [3.05, 3.63) is 83.7 Å². The number of nitrogens with one attached hydrogen (secondary N) is 3. The van der Waals surface area contributed by atoms with Gasteiger partial charge >= 0.3 is 0 Å². The van der Waals surface area contributed by atoms with E-state index in [9.17, 15) is 17.6 Å². The van der Waals surface area contributed by atoms with Crippen LogP contribution in [0.1, 0.15) is 11.1 Å². The first kappa shape index (κ1) is 26.6. The Hall–Kier alpha value is -4.00. The number of amides is 1. The van der Waals surface area contributed by atoms with Gasteiger partial charge in [-0.15, -0.1) is 0 Å². The Labute approximate surface area is 225 Å². The fraction of sp³-hybridized carbons (Fsp3) is 0.259. The Balaban J connectivity index is 1.40. The zero-order valence-corrected chi connectivity index (χ0v) is 22.0. The summed E-state index contributed by atoms with van der Waals surface area (Å²) in [5.41, 5.74) is 2.41. The number of fused-ring (bicyclic) bond motifs is 1. The molecule has 2 heterocycles. The van der Waals surface area contributed by atoms with Crippen molar-refractivity contribution >= 4 is 32.7 Å². The number of hydrogen-bond donors (Lipinski definition) is 3. The van der Waals surface area contributed by atoms with Crippen molar-refractivity contribution in [2.75, 3.05) is 31.6 Å². The van der Waals surface area contributed by atoms with Gasteiger partial charge in [0.2, 0.25) is 5.91 Å². The van der Waals surface area contributed by atoms with E-state index in [1.54, 1.807) is 22.9 Å². The molecule has 1 fully saturated rings. The van der Waals surface area contributed by atoms with E-state index in [4.69, 9.17) is 9.47 Å². The highest BCUT2D eigenvalue weighted by molar-refractivity contribution is 7.92. The lowest BCUT2D eigenvalue weighted by Gasteiger charge is -2.22. The fourth-order valence-electron chi connectivity index (χ4n) is 4.46. The highest BCUT2D eigenvalue weighted by atomic mass is 32.2. The number of sulfonamides is 1. The largest absolute Gasteiger partial charge is 0.496 e. The zero-order chi connectivity index (χ0) is 27.4. The molecule has 1 amide bonds. The van der Waals surface area contributed by atoms with Crippen LogP contribution in [0.4, 0.5) is 10.2 Å². The maximum Gasteiger partial charge on any atom is 0.266 e. The molecule has 0 radical (unpaired) electrons. The first-order valence-electron chi connectivity index (χ1n) is 12.3. The van der Waals surface area contributed by atoms with Gasteiger partial charge in [0.05, 0.1) is 37.8 Å². The molecule has 0 spiro atoms. The van der Waals surface area contributed by atoms with Gasteiger partial charge in [-0.2, -0.15) is 5.10 Å². The number of aromatic nitrogens is 2. The fourth-order valence-corrected chi connectivity index (χ4v) is 5.55. The minimum atomic E-state index is -4.26. The number of nitrogens with zero attached hydrogens (tertiary/aromatic N) is 2. The van der Waals surface area contributed by atoms with Crippen LogP contribution in [0.5, 0.6) is 5.75 Å². The van der Waals surface area contributed by atoms with Gasteiger partial charge in [0.15, 0.2) is 5.82 Å². The molecular weight excluding hydrogens is 525 g/mol. The normalized spacial score (nSPS) is 15.7. The molecule has 1 aliphatic rings. The van der Waals surface area contributed by atoms with Crippen LogP contribution in [0.25, 0.3) is 10.9 Å². The number of morpholine rings is 1. The molecule has 4 aromatic rings. The van der Waals surface area contributed by atoms with Crippen LogP contribution in [0.2, 0.25) is 0 Å². The molecular formula is C27H28FN5O5S. The van der Waals surface area contributed by atoms with Gasteiger partial charge in [-0.05, 0) is 35.4 Å². The standard InChI is InChI=1S/C27H28FN5O5S/c1-37-23-10-5-9-22-25(23)26(32-39(35,36)24-11-3-2-8-20(24)28)31-33(22)16-19-7-4-6-18(14-19)15-30-27(34)21-17-38-13-12-29-21/h2-11,14,21,29H,12-13,15-17H2,1H3,(H,30,34)(H,31,32)/t21-/m0/s1. The van der Waals surface area contributed by atoms with Crippen molar-refractivity contribution in [3.8, 4) is 5.75 Å². The van der Waals surface area contributed by atoms with Crippen molar-refractivity contribution in [2.45, 2.75) is 24.0 Å². The van der Waals surface area contributed by atoms with Gasteiger partial charge in [-0.1, -0.05) is 42.5 Å². The summed E-state index contributed by atoms with van der Waals surface area (Å²) in [5, 5.41) is 11.0. The van der Waals surface area contributed by atoms with Gasteiger partial charge < -0.3 is 20.1 Å². The number of methoxy groups -OCH3 is 1. The average Bonchev–Trinajstić information content (AvgIpc) is 3.28. The van der Waals surface area contributed by atoms with E-state index in [-0.39, 0.29) is 17.8 Å². The van der Waals surface area contributed by atoms with Crippen molar-refractivity contribution in [1.82, 2.24) is 20.4 Å². The molecule has 1 aliphatic heterocycles. The molecule has 39 heavy (non-hydrogen) atoms. The molecule has 0 bridgehead atoms. The van der Waals surface area contributed by atoms with Crippen molar-refractivity contribution in [1.29, 1.82) is 0 Å². The Kier molecular flexibility index (Phi) is 7.77. The molecule has 12 heteroatoms. The number of benzene rings is 3. The predicted octanol–water partition coefficient (Wildman–Crippen LogP) is 2.64. The lowest BCUT2D eigenvalue weighted by molar-refractivity contribution is -0.126. The van der Waals surface area contributed by atoms with E-state index < -0.39 is 20.7 Å². The van der Waals surface area contributed by atoms with Crippen molar-refractivity contribution in [3.63, 3.8) is 0 Å². The predicted molar refractivity (Wildman–Crippen MR) is 143 cm³/mol. The van der Waals surface area contributed by atoms with E-state index in [0.717, 1.165) is 17.2 Å². The maximum absolute atomic E-state index is 14.3. The van der Waals surface area contributed by atoms with Gasteiger partial charge in [-0.25, -0.2) is 12.8 Å². The Morgan fingerprint density at radius 1 is 1.15 bits per heavy atom. The number of anilines is 1. The second kappa shape index (κ2) is 11.4. The first-order valence-corrected chi connectivity index (χ1v) is 13.8. The average molecular weight is 554 g/mol. The highest BCUT2D eigenvalue weighted by Crippen LogP contribution is 2.34. The number of carbonyl (C=O) groups is 1. The van der Waals surface area contributed by atoms with Crippen LogP contribution in [0, 0.1) is 5.82 Å². The molecule has 204 valence electrons. The van der Waals surface area contributed by atoms with Crippen LogP contribution >= 0.6 is 0 Å². The van der Waals surface area contributed by atoms with Gasteiger partial charge in [0.1, 0.15) is 22.5 Å². The van der Waals surface area contributed by atoms with Gasteiger partial charge in [0.25, 0.3) is 10.0 Å². The molecule has 1 atom stereocenters. The second-order valence-corrected chi connectivity index (χ2v) is 10.7. The third kappa shape index (κ3) is 5.87. The molecule has 0 unspecified atom stereocenters. The summed E-state index contributed by atoms with van der Waals surface area (Å²) < 4.78 is 55.3. The van der Waals surface area contributed by atoms with Crippen molar-refractivity contribution in [2.24, 2.45) is 0 Å². The lowest BCUT2D eigenvalue weighted by Crippen LogP contribution is -2.51. The number of halogens is 1. The van der Waals surface area contributed by atoms with Crippen LogP contribution in [0.15, 0.2) is 71.6 Å². The number of ether oxygens (including phenoxy) is 2. The number of rotatable bonds is 9. The lowest BCUT2D eigenvalue weighted by atomic mass is 10.1. The first-order chi connectivity index (χ1) is 18.9. The second-order valence-electron chi connectivity index (χ2n) is 9.02. The number of carbonyl (C=O) groups excluding carboxylic acids is 1. The zero-order valence-electron chi connectivity index (χ0n) is 21.2. The van der Waals surface area contributed by atoms with Gasteiger partial charge in [-0.3, -0.25) is 14.2 Å². The van der Waals surface area contributed by atoms with Gasteiger partial charge in [0, 0.05) is 13.1 Å². The summed E-state index contributed by atoms with van der Waals surface area (Å²) in [4.78, 5) is 12.0. The van der Waals surface area contributed by atoms with Crippen LogP contribution in [0.3, 0.4) is 0 Å².